The Balaban J connectivity index is 2.23. The van der Waals surface area contributed by atoms with Crippen molar-refractivity contribution in [3.8, 4) is 6.07 Å². The van der Waals surface area contributed by atoms with Gasteiger partial charge in [0.2, 0.25) is 0 Å². The summed E-state index contributed by atoms with van der Waals surface area (Å²) in [5.74, 6) is 0.341. The average Bonchev–Trinajstić information content (AvgIpc) is 2.38. The number of carbonyl (C=O) groups is 1. The lowest BCUT2D eigenvalue weighted by Gasteiger charge is -2.07. The number of hydrogen-bond donors (Lipinski definition) is 1. The number of benzene rings is 1. The third-order valence-electron chi connectivity index (χ3n) is 2.59. The molecule has 0 spiro atoms. The zero-order valence-electron chi connectivity index (χ0n) is 10.6. The molecular weight excluding hydrogens is 240 g/mol. The highest BCUT2D eigenvalue weighted by atomic mass is 16.1. The Hall–Kier alpha value is -2.74. The first-order valence-electron chi connectivity index (χ1n) is 5.72. The topological polar surface area (TPSA) is 78.7 Å². The summed E-state index contributed by atoms with van der Waals surface area (Å²) in [4.78, 5) is 20.2. The number of aryl methyl sites for hydroxylation is 2. The molecule has 5 nitrogen and oxygen atoms in total. The van der Waals surface area contributed by atoms with Crippen molar-refractivity contribution < 1.29 is 4.79 Å². The second kappa shape index (κ2) is 5.27. The molecule has 1 aromatic heterocycles. The Bertz CT molecular complexity index is 673. The molecule has 1 N–H and O–H groups in total. The number of anilines is 1. The molecule has 0 radical (unpaired) electrons. The molecule has 1 heterocycles. The number of nitrogens with one attached hydrogen (secondary N) is 1. The third kappa shape index (κ3) is 2.93. The maximum Gasteiger partial charge on any atom is 0.259 e. The molecule has 0 fully saturated rings. The minimum Gasteiger partial charge on any atom is -0.322 e. The number of nitriles is 1. The molecule has 0 aliphatic rings. The van der Waals surface area contributed by atoms with Gasteiger partial charge in [-0.2, -0.15) is 5.26 Å². The number of aromatic nitrogens is 2. The van der Waals surface area contributed by atoms with Crippen molar-refractivity contribution in [3.05, 3.63) is 53.1 Å². The van der Waals surface area contributed by atoms with Gasteiger partial charge in [0.1, 0.15) is 5.82 Å². The van der Waals surface area contributed by atoms with E-state index in [4.69, 9.17) is 5.26 Å². The summed E-state index contributed by atoms with van der Waals surface area (Å²) in [7, 11) is 0. The molecule has 0 unspecified atom stereocenters. The fourth-order valence-electron chi connectivity index (χ4n) is 1.67. The van der Waals surface area contributed by atoms with Gasteiger partial charge in [0.15, 0.2) is 0 Å². The molecule has 0 aliphatic heterocycles. The molecule has 2 aromatic rings. The fourth-order valence-corrected chi connectivity index (χ4v) is 1.67. The summed E-state index contributed by atoms with van der Waals surface area (Å²) < 4.78 is 0. The van der Waals surface area contributed by atoms with Gasteiger partial charge in [0, 0.05) is 11.9 Å². The summed E-state index contributed by atoms with van der Waals surface area (Å²) in [6.45, 7) is 3.53. The van der Waals surface area contributed by atoms with Crippen LogP contribution in [0, 0.1) is 25.2 Å². The van der Waals surface area contributed by atoms with E-state index in [0.29, 0.717) is 28.3 Å². The van der Waals surface area contributed by atoms with Gasteiger partial charge in [0.25, 0.3) is 5.91 Å². The monoisotopic (exact) mass is 252 g/mol. The molecule has 1 amide bonds. The number of hydrogen-bond acceptors (Lipinski definition) is 4. The number of rotatable bonds is 2. The number of amides is 1. The van der Waals surface area contributed by atoms with Crippen LogP contribution in [0.1, 0.15) is 27.4 Å². The van der Waals surface area contributed by atoms with Crippen molar-refractivity contribution in [3.63, 3.8) is 0 Å². The lowest BCUT2D eigenvalue weighted by atomic mass is 10.2. The Kier molecular flexibility index (Phi) is 3.53. The van der Waals surface area contributed by atoms with Gasteiger partial charge in [-0.1, -0.05) is 6.07 Å². The standard InChI is InChI=1S/C14H12N4O/c1-9-13(8-16-10(2)17-9)14(19)18-12-5-3-4-11(6-12)7-15/h3-6,8H,1-2H3,(H,18,19). The van der Waals surface area contributed by atoms with Crippen LogP contribution >= 0.6 is 0 Å². The fraction of sp³-hybridized carbons (Fsp3) is 0.143. The van der Waals surface area contributed by atoms with Crippen LogP contribution in [0.4, 0.5) is 5.69 Å². The van der Waals surface area contributed by atoms with Crippen LogP contribution in [0.3, 0.4) is 0 Å². The van der Waals surface area contributed by atoms with Gasteiger partial charge in [0.05, 0.1) is 22.9 Å². The third-order valence-corrected chi connectivity index (χ3v) is 2.59. The van der Waals surface area contributed by atoms with Crippen molar-refractivity contribution in [2.45, 2.75) is 13.8 Å². The molecule has 19 heavy (non-hydrogen) atoms. The minimum absolute atomic E-state index is 0.285. The molecule has 0 saturated carbocycles. The van der Waals surface area contributed by atoms with E-state index in [1.54, 1.807) is 38.1 Å². The zero-order chi connectivity index (χ0) is 13.8. The van der Waals surface area contributed by atoms with Gasteiger partial charge in [-0.05, 0) is 32.0 Å². The van der Waals surface area contributed by atoms with Crippen LogP contribution < -0.4 is 5.32 Å². The van der Waals surface area contributed by atoms with Crippen LogP contribution in [0.15, 0.2) is 30.5 Å². The number of carbonyl (C=O) groups excluding carboxylic acids is 1. The normalized spacial score (nSPS) is 9.74. The quantitative estimate of drug-likeness (QED) is 0.888. The molecule has 5 heteroatoms. The van der Waals surface area contributed by atoms with Gasteiger partial charge in [-0.25, -0.2) is 9.97 Å². The zero-order valence-corrected chi connectivity index (χ0v) is 10.6. The second-order valence-electron chi connectivity index (χ2n) is 4.06. The maximum atomic E-state index is 12.1. The molecule has 0 saturated heterocycles. The van der Waals surface area contributed by atoms with Gasteiger partial charge in [-0.15, -0.1) is 0 Å². The molecular formula is C14H12N4O. The van der Waals surface area contributed by atoms with Crippen LogP contribution in [0.2, 0.25) is 0 Å². The van der Waals surface area contributed by atoms with Crippen LogP contribution in [0.25, 0.3) is 0 Å². The van der Waals surface area contributed by atoms with Crippen molar-refractivity contribution >= 4 is 11.6 Å². The van der Waals surface area contributed by atoms with Crippen LogP contribution in [0.5, 0.6) is 0 Å². The summed E-state index contributed by atoms with van der Waals surface area (Å²) >= 11 is 0. The maximum absolute atomic E-state index is 12.1. The van der Waals surface area contributed by atoms with E-state index in [2.05, 4.69) is 15.3 Å². The molecule has 1 aromatic carbocycles. The van der Waals surface area contributed by atoms with Gasteiger partial charge >= 0.3 is 0 Å². The predicted molar refractivity (Wildman–Crippen MR) is 70.6 cm³/mol. The van der Waals surface area contributed by atoms with E-state index in [-0.39, 0.29) is 5.91 Å². The van der Waals surface area contributed by atoms with Crippen molar-refractivity contribution in [2.75, 3.05) is 5.32 Å². The SMILES string of the molecule is Cc1ncc(C(=O)Nc2cccc(C#N)c2)c(C)n1. The first-order chi connectivity index (χ1) is 9.10. The Morgan fingerprint density at radius 3 is 2.84 bits per heavy atom. The van der Waals surface area contributed by atoms with Gasteiger partial charge in [-0.3, -0.25) is 4.79 Å². The lowest BCUT2D eigenvalue weighted by molar-refractivity contribution is 0.102. The van der Waals surface area contributed by atoms with E-state index in [9.17, 15) is 4.79 Å². The minimum atomic E-state index is -0.285. The summed E-state index contributed by atoms with van der Waals surface area (Å²) in [5, 5.41) is 11.5. The second-order valence-corrected chi connectivity index (χ2v) is 4.06. The highest BCUT2D eigenvalue weighted by Crippen LogP contribution is 2.12. The first-order valence-corrected chi connectivity index (χ1v) is 5.72. The van der Waals surface area contributed by atoms with Crippen molar-refractivity contribution in [2.24, 2.45) is 0 Å². The van der Waals surface area contributed by atoms with Crippen LogP contribution in [-0.2, 0) is 0 Å². The van der Waals surface area contributed by atoms with E-state index in [0.717, 1.165) is 0 Å². The van der Waals surface area contributed by atoms with Crippen molar-refractivity contribution in [1.29, 1.82) is 5.26 Å². The molecule has 0 bridgehead atoms. The highest BCUT2D eigenvalue weighted by Gasteiger charge is 2.11. The molecule has 94 valence electrons. The predicted octanol–water partition coefficient (Wildman–Crippen LogP) is 2.22. The molecule has 2 rings (SSSR count). The summed E-state index contributed by atoms with van der Waals surface area (Å²) in [6.07, 6.45) is 1.50. The van der Waals surface area contributed by atoms with Gasteiger partial charge < -0.3 is 5.32 Å². The van der Waals surface area contributed by atoms with Crippen molar-refractivity contribution in [1.82, 2.24) is 9.97 Å². The van der Waals surface area contributed by atoms with Crippen LogP contribution in [-0.4, -0.2) is 15.9 Å². The van der Waals surface area contributed by atoms with E-state index >= 15 is 0 Å². The highest BCUT2D eigenvalue weighted by molar-refractivity contribution is 6.04. The summed E-state index contributed by atoms with van der Waals surface area (Å²) in [6, 6.07) is 8.75. The Morgan fingerprint density at radius 1 is 1.37 bits per heavy atom. The first kappa shape index (κ1) is 12.7. The summed E-state index contributed by atoms with van der Waals surface area (Å²) in [5.41, 5.74) is 2.12. The Morgan fingerprint density at radius 2 is 2.16 bits per heavy atom. The molecule has 0 aliphatic carbocycles. The average molecular weight is 252 g/mol. The largest absolute Gasteiger partial charge is 0.322 e. The number of nitrogens with zero attached hydrogens (tertiary/aromatic N) is 3. The van der Waals surface area contributed by atoms with E-state index in [1.165, 1.54) is 6.20 Å². The molecule has 0 atom stereocenters. The smallest absolute Gasteiger partial charge is 0.259 e. The van der Waals surface area contributed by atoms with E-state index in [1.807, 2.05) is 6.07 Å². The Labute approximate surface area is 110 Å². The lowest BCUT2D eigenvalue weighted by Crippen LogP contribution is -2.15. The van der Waals surface area contributed by atoms with E-state index < -0.39 is 0 Å².